The molecule has 0 N–H and O–H groups in total. The van der Waals surface area contributed by atoms with Gasteiger partial charge in [0, 0.05) is 11.4 Å². The van der Waals surface area contributed by atoms with E-state index < -0.39 is 0 Å². The van der Waals surface area contributed by atoms with Gasteiger partial charge < -0.3 is 0 Å². The number of hydrogen-bond donors (Lipinski definition) is 0. The molecular weight excluding hydrogens is 518 g/mol. The highest BCUT2D eigenvalue weighted by Crippen LogP contribution is 2.16. The first-order valence-corrected chi connectivity index (χ1v) is 20.3. The minimum atomic E-state index is 1.17. The summed E-state index contributed by atoms with van der Waals surface area (Å²) in [6.45, 7) is 4.61. The maximum absolute atomic E-state index is 4.99. The van der Waals surface area contributed by atoms with E-state index in [1.54, 1.807) is 0 Å². The summed E-state index contributed by atoms with van der Waals surface area (Å²) in [5.41, 5.74) is 2.66. The largest absolute Gasteiger partial charge is 0.258 e. The highest BCUT2D eigenvalue weighted by Gasteiger charge is 2.01. The third-order valence-electron chi connectivity index (χ3n) is 9.69. The average Bonchev–Trinajstić information content (AvgIpc) is 3.02. The normalized spacial score (nSPS) is 11.5. The van der Waals surface area contributed by atoms with Crippen molar-refractivity contribution in [3.63, 3.8) is 0 Å². The molecule has 0 bridgehead atoms. The van der Waals surface area contributed by atoms with Crippen LogP contribution in [0, 0.1) is 0 Å². The van der Waals surface area contributed by atoms with Crippen LogP contribution in [0.1, 0.15) is 237 Å². The number of aryl methyl sites for hydroxylation is 2. The van der Waals surface area contributed by atoms with Crippen LogP contribution in [0.2, 0.25) is 0 Å². The molecule has 0 aliphatic carbocycles. The Kier molecular flexibility index (Phi) is 31.8. The van der Waals surface area contributed by atoms with Crippen LogP contribution in [0.4, 0.5) is 0 Å². The van der Waals surface area contributed by atoms with Gasteiger partial charge in [-0.05, 0) is 37.8 Å². The molecule has 252 valence electrons. The molecule has 0 aromatic carbocycles. The van der Waals surface area contributed by atoms with Crippen molar-refractivity contribution in [1.82, 2.24) is 4.98 Å². The smallest absolute Gasteiger partial charge is 0.0406 e. The second-order valence-electron chi connectivity index (χ2n) is 14.1. The Hall–Kier alpha value is -0.850. The number of aromatic nitrogens is 1. The van der Waals surface area contributed by atoms with Crippen LogP contribution < -0.4 is 0 Å². The average molecular weight is 598 g/mol. The van der Waals surface area contributed by atoms with Crippen molar-refractivity contribution >= 4 is 0 Å². The molecule has 1 heterocycles. The molecule has 0 saturated carbocycles. The molecule has 1 nitrogen and oxygen atoms in total. The minimum Gasteiger partial charge on any atom is -0.258 e. The molecule has 0 unspecified atom stereocenters. The second-order valence-corrected chi connectivity index (χ2v) is 14.1. The van der Waals surface area contributed by atoms with Crippen molar-refractivity contribution in [2.24, 2.45) is 0 Å². The van der Waals surface area contributed by atoms with E-state index in [0.717, 1.165) is 0 Å². The van der Waals surface area contributed by atoms with Gasteiger partial charge in [0.1, 0.15) is 0 Å². The van der Waals surface area contributed by atoms with Gasteiger partial charge in [0.05, 0.1) is 0 Å². The van der Waals surface area contributed by atoms with E-state index in [0.29, 0.717) is 0 Å². The zero-order chi connectivity index (χ0) is 30.7. The molecule has 0 fully saturated rings. The fourth-order valence-electron chi connectivity index (χ4n) is 6.69. The topological polar surface area (TPSA) is 12.9 Å². The monoisotopic (exact) mass is 598 g/mol. The lowest BCUT2D eigenvalue weighted by molar-refractivity contribution is 0.526. The zero-order valence-corrected chi connectivity index (χ0v) is 29.9. The Labute approximate surface area is 272 Å². The summed E-state index contributed by atoms with van der Waals surface area (Å²) in [4.78, 5) is 4.99. The van der Waals surface area contributed by atoms with Crippen LogP contribution in [-0.4, -0.2) is 4.98 Å². The van der Waals surface area contributed by atoms with Crippen molar-refractivity contribution in [3.05, 3.63) is 29.6 Å². The standard InChI is InChI=1S/C42H79N/c1-3-5-7-9-11-13-15-17-19-21-23-25-27-29-31-33-35-38-42-40-36-39-41(43-42)37-34-32-30-28-26-24-22-20-18-16-14-12-10-8-6-4-2/h36,39-40H,3-35,37-38H2,1-2H3. The number of unbranched alkanes of at least 4 members (excludes halogenated alkanes) is 31. The van der Waals surface area contributed by atoms with Crippen molar-refractivity contribution < 1.29 is 0 Å². The second kappa shape index (κ2) is 34.0. The van der Waals surface area contributed by atoms with Gasteiger partial charge in [-0.3, -0.25) is 4.98 Å². The lowest BCUT2D eigenvalue weighted by Crippen LogP contribution is -1.96. The predicted molar refractivity (Wildman–Crippen MR) is 195 cm³/mol. The predicted octanol–water partition coefficient (Wildman–Crippen LogP) is 15.1. The Morgan fingerprint density at radius 1 is 0.302 bits per heavy atom. The van der Waals surface area contributed by atoms with E-state index in [1.807, 2.05) is 0 Å². The maximum Gasteiger partial charge on any atom is 0.0406 e. The molecular formula is C42H79N. The molecule has 1 aromatic heterocycles. The van der Waals surface area contributed by atoms with Gasteiger partial charge in [0.25, 0.3) is 0 Å². The molecule has 0 atom stereocenters. The van der Waals surface area contributed by atoms with Gasteiger partial charge in [-0.15, -0.1) is 0 Å². The molecule has 1 aromatic rings. The number of hydrogen-bond acceptors (Lipinski definition) is 1. The van der Waals surface area contributed by atoms with Crippen molar-refractivity contribution in [1.29, 1.82) is 0 Å². The molecule has 0 radical (unpaired) electrons. The van der Waals surface area contributed by atoms with Crippen LogP contribution in [-0.2, 0) is 12.8 Å². The van der Waals surface area contributed by atoms with Gasteiger partial charge in [0.2, 0.25) is 0 Å². The quantitative estimate of drug-likeness (QED) is 0.0709. The number of rotatable bonds is 35. The van der Waals surface area contributed by atoms with Crippen LogP contribution in [0.5, 0.6) is 0 Å². The summed E-state index contributed by atoms with van der Waals surface area (Å²) in [6, 6.07) is 6.75. The summed E-state index contributed by atoms with van der Waals surface area (Å²) < 4.78 is 0. The molecule has 0 amide bonds. The lowest BCUT2D eigenvalue weighted by Gasteiger charge is -2.06. The van der Waals surface area contributed by atoms with E-state index in [4.69, 9.17) is 4.98 Å². The van der Waals surface area contributed by atoms with Gasteiger partial charge in [-0.2, -0.15) is 0 Å². The Morgan fingerprint density at radius 2 is 0.512 bits per heavy atom. The molecule has 1 rings (SSSR count). The summed E-state index contributed by atoms with van der Waals surface area (Å²) in [5, 5.41) is 0. The lowest BCUT2D eigenvalue weighted by atomic mass is 10.0. The summed E-state index contributed by atoms with van der Waals surface area (Å²) in [5.74, 6) is 0. The molecule has 0 saturated heterocycles. The van der Waals surface area contributed by atoms with Crippen LogP contribution in [0.15, 0.2) is 18.2 Å². The molecule has 0 aliphatic heterocycles. The van der Waals surface area contributed by atoms with Crippen molar-refractivity contribution in [2.45, 2.75) is 239 Å². The maximum atomic E-state index is 4.99. The Bertz CT molecular complexity index is 652. The Morgan fingerprint density at radius 3 is 0.744 bits per heavy atom. The van der Waals surface area contributed by atoms with Gasteiger partial charge >= 0.3 is 0 Å². The van der Waals surface area contributed by atoms with Gasteiger partial charge in [0.15, 0.2) is 0 Å². The van der Waals surface area contributed by atoms with E-state index in [2.05, 4.69) is 32.0 Å². The SMILES string of the molecule is CCCCCCCCCCCCCCCCCCCc1cccc(CCCCCCCCCCCCCCCCCC)n1. The van der Waals surface area contributed by atoms with Crippen LogP contribution >= 0.6 is 0 Å². The molecule has 1 heteroatoms. The van der Waals surface area contributed by atoms with Crippen LogP contribution in [0.25, 0.3) is 0 Å². The minimum absolute atomic E-state index is 1.17. The van der Waals surface area contributed by atoms with Crippen molar-refractivity contribution in [2.75, 3.05) is 0 Å². The highest BCUT2D eigenvalue weighted by molar-refractivity contribution is 5.11. The first-order valence-electron chi connectivity index (χ1n) is 20.3. The van der Waals surface area contributed by atoms with Gasteiger partial charge in [-0.1, -0.05) is 219 Å². The Balaban J connectivity index is 1.84. The fourth-order valence-corrected chi connectivity index (χ4v) is 6.69. The molecule has 0 aliphatic rings. The fraction of sp³-hybridized carbons (Fsp3) is 0.881. The van der Waals surface area contributed by atoms with E-state index >= 15 is 0 Å². The highest BCUT2D eigenvalue weighted by atomic mass is 14.7. The van der Waals surface area contributed by atoms with E-state index in [1.165, 1.54) is 236 Å². The van der Waals surface area contributed by atoms with Crippen molar-refractivity contribution in [3.8, 4) is 0 Å². The van der Waals surface area contributed by atoms with E-state index in [9.17, 15) is 0 Å². The number of nitrogens with zero attached hydrogens (tertiary/aromatic N) is 1. The van der Waals surface area contributed by atoms with Crippen LogP contribution in [0.3, 0.4) is 0 Å². The first-order chi connectivity index (χ1) is 21.4. The third-order valence-corrected chi connectivity index (χ3v) is 9.69. The molecule has 43 heavy (non-hydrogen) atoms. The first kappa shape index (κ1) is 40.2. The summed E-state index contributed by atoms with van der Waals surface area (Å²) in [6.07, 6.45) is 49.8. The summed E-state index contributed by atoms with van der Waals surface area (Å²) >= 11 is 0. The van der Waals surface area contributed by atoms with E-state index in [-0.39, 0.29) is 0 Å². The summed E-state index contributed by atoms with van der Waals surface area (Å²) in [7, 11) is 0. The number of pyridine rings is 1. The third kappa shape index (κ3) is 29.6. The molecule has 0 spiro atoms. The van der Waals surface area contributed by atoms with Gasteiger partial charge in [-0.25, -0.2) is 0 Å². The zero-order valence-electron chi connectivity index (χ0n) is 29.9.